The fourth-order valence-corrected chi connectivity index (χ4v) is 3.25. The van der Waals surface area contributed by atoms with Gasteiger partial charge in [-0.1, -0.05) is 6.07 Å². The van der Waals surface area contributed by atoms with Gasteiger partial charge in [-0.3, -0.25) is 0 Å². The van der Waals surface area contributed by atoms with E-state index in [0.29, 0.717) is 10.9 Å². The average molecular weight is 389 g/mol. The number of fused-ring (bicyclic) bond motifs is 1. The maximum absolute atomic E-state index is 12.3. The fraction of sp³-hybridized carbons (Fsp3) is 0.111. The molecule has 0 fully saturated rings. The lowest BCUT2D eigenvalue weighted by Crippen LogP contribution is -2.19. The van der Waals surface area contributed by atoms with Crippen molar-refractivity contribution in [2.45, 2.75) is 11.5 Å². The molecule has 0 aliphatic carbocycles. The van der Waals surface area contributed by atoms with Crippen molar-refractivity contribution in [2.24, 2.45) is 0 Å². The van der Waals surface area contributed by atoms with Gasteiger partial charge in [0.15, 0.2) is 0 Å². The summed E-state index contributed by atoms with van der Waals surface area (Å²) >= 11 is 0. The van der Waals surface area contributed by atoms with E-state index in [0.717, 1.165) is 0 Å². The molecule has 27 heavy (non-hydrogen) atoms. The molecule has 0 unspecified atom stereocenters. The molecule has 1 heterocycles. The number of carbonyl (C=O) groups is 1. The van der Waals surface area contributed by atoms with Gasteiger partial charge in [0.25, 0.3) is 0 Å². The molecule has 0 radical (unpaired) electrons. The molecule has 8 nitrogen and oxygen atoms in total. The number of benzene rings is 2. The van der Waals surface area contributed by atoms with Crippen molar-refractivity contribution in [2.75, 3.05) is 7.05 Å². The molecular formula is C18H15NO7S. The van der Waals surface area contributed by atoms with E-state index in [1.165, 1.54) is 55.6 Å². The van der Waals surface area contributed by atoms with Crippen LogP contribution >= 0.6 is 0 Å². The molecule has 3 aromatic rings. The summed E-state index contributed by atoms with van der Waals surface area (Å²) in [7, 11) is -2.43. The number of hydrogen-bond donors (Lipinski definition) is 2. The molecule has 1 aromatic heterocycles. The van der Waals surface area contributed by atoms with Gasteiger partial charge in [0, 0.05) is 23.1 Å². The molecule has 3 rings (SSSR count). The molecule has 9 heteroatoms. The van der Waals surface area contributed by atoms with Crippen molar-refractivity contribution in [3.63, 3.8) is 0 Å². The molecule has 2 aromatic carbocycles. The van der Waals surface area contributed by atoms with Gasteiger partial charge in [-0.15, -0.1) is 0 Å². The van der Waals surface area contributed by atoms with Gasteiger partial charge in [0.1, 0.15) is 17.9 Å². The minimum Gasteiger partial charge on any atom is -0.508 e. The number of hydrogen-bond acceptors (Lipinski definition) is 7. The van der Waals surface area contributed by atoms with Crippen LogP contribution in [0.25, 0.3) is 11.0 Å². The van der Waals surface area contributed by atoms with Crippen molar-refractivity contribution in [1.82, 2.24) is 4.72 Å². The molecule has 0 amide bonds. The number of rotatable bonds is 5. The van der Waals surface area contributed by atoms with Gasteiger partial charge in [-0.2, -0.15) is 0 Å². The second-order valence-corrected chi connectivity index (χ2v) is 7.47. The quantitative estimate of drug-likeness (QED) is 0.503. The van der Waals surface area contributed by atoms with Crippen LogP contribution in [0.15, 0.2) is 62.6 Å². The second-order valence-electron chi connectivity index (χ2n) is 5.58. The monoisotopic (exact) mass is 389 g/mol. The number of sulfonamides is 1. The number of nitrogens with one attached hydrogen (secondary N) is 1. The molecule has 0 spiro atoms. The lowest BCUT2D eigenvalue weighted by atomic mass is 10.1. The lowest BCUT2D eigenvalue weighted by Gasteiger charge is -2.08. The first-order valence-electron chi connectivity index (χ1n) is 7.76. The van der Waals surface area contributed by atoms with Crippen LogP contribution in [-0.4, -0.2) is 26.5 Å². The third-order valence-corrected chi connectivity index (χ3v) is 5.23. The molecule has 0 bridgehead atoms. The molecule has 0 saturated carbocycles. The van der Waals surface area contributed by atoms with Crippen molar-refractivity contribution >= 4 is 27.0 Å². The summed E-state index contributed by atoms with van der Waals surface area (Å²) in [6, 6.07) is 10.8. The van der Waals surface area contributed by atoms with Crippen molar-refractivity contribution in [3.8, 4) is 5.75 Å². The van der Waals surface area contributed by atoms with E-state index in [2.05, 4.69) is 4.72 Å². The zero-order valence-corrected chi connectivity index (χ0v) is 14.9. The zero-order chi connectivity index (χ0) is 19.6. The Bertz CT molecular complexity index is 1180. The van der Waals surface area contributed by atoms with E-state index in [9.17, 15) is 23.1 Å². The Labute approximate surface area is 154 Å². The van der Waals surface area contributed by atoms with Crippen LogP contribution in [0.5, 0.6) is 5.75 Å². The third kappa shape index (κ3) is 3.99. The van der Waals surface area contributed by atoms with Crippen LogP contribution < -0.4 is 10.3 Å². The van der Waals surface area contributed by atoms with Crippen LogP contribution in [0, 0.1) is 0 Å². The van der Waals surface area contributed by atoms with Gasteiger partial charge < -0.3 is 14.3 Å². The summed E-state index contributed by atoms with van der Waals surface area (Å²) in [5.41, 5.74) is -0.0400. The van der Waals surface area contributed by atoms with Crippen LogP contribution in [0.3, 0.4) is 0 Å². The lowest BCUT2D eigenvalue weighted by molar-refractivity contribution is 0.0473. The molecule has 140 valence electrons. The number of carbonyl (C=O) groups excluding carboxylic acids is 1. The molecule has 0 atom stereocenters. The first kappa shape index (κ1) is 18.6. The highest BCUT2D eigenvalue weighted by atomic mass is 32.2. The standard InChI is InChI=1S/C18H15NO7S/c1-19-27(23,24)14-4-2-3-11(7-14)18(22)25-10-12-8-17(21)26-16-9-13(20)5-6-15(12)16/h2-9,19-20H,10H2,1H3. The number of phenolic OH excluding ortho intramolecular Hbond substituents is 1. The summed E-state index contributed by atoms with van der Waals surface area (Å²) in [4.78, 5) is 23.9. The van der Waals surface area contributed by atoms with Crippen LogP contribution in [0.2, 0.25) is 0 Å². The Morgan fingerprint density at radius 3 is 2.70 bits per heavy atom. The first-order valence-corrected chi connectivity index (χ1v) is 9.25. The van der Waals surface area contributed by atoms with E-state index in [4.69, 9.17) is 9.15 Å². The van der Waals surface area contributed by atoms with Crippen molar-refractivity contribution in [3.05, 3.63) is 70.1 Å². The maximum atomic E-state index is 12.3. The van der Waals surface area contributed by atoms with Crippen LogP contribution in [0.1, 0.15) is 15.9 Å². The predicted octanol–water partition coefficient (Wildman–Crippen LogP) is 1.76. The van der Waals surface area contributed by atoms with Gasteiger partial charge in [0.05, 0.1) is 10.5 Å². The van der Waals surface area contributed by atoms with E-state index in [-0.39, 0.29) is 28.4 Å². The van der Waals surface area contributed by atoms with E-state index in [1.807, 2.05) is 0 Å². The number of esters is 1. The summed E-state index contributed by atoms with van der Waals surface area (Å²) < 4.78 is 36.1. The highest BCUT2D eigenvalue weighted by molar-refractivity contribution is 7.89. The molecule has 0 saturated heterocycles. The summed E-state index contributed by atoms with van der Waals surface area (Å²) in [5, 5.41) is 10.00. The second kappa shape index (κ2) is 7.22. The van der Waals surface area contributed by atoms with Crippen molar-refractivity contribution < 1.29 is 27.5 Å². The Balaban J connectivity index is 1.86. The highest BCUT2D eigenvalue weighted by Gasteiger charge is 2.16. The summed E-state index contributed by atoms with van der Waals surface area (Å²) in [6.45, 7) is -0.227. The molecular weight excluding hydrogens is 374 g/mol. The minimum absolute atomic E-state index is 0.0521. The smallest absolute Gasteiger partial charge is 0.338 e. The summed E-state index contributed by atoms with van der Waals surface area (Å²) in [6.07, 6.45) is 0. The maximum Gasteiger partial charge on any atom is 0.338 e. The SMILES string of the molecule is CNS(=O)(=O)c1cccc(C(=O)OCc2cc(=O)oc3cc(O)ccc23)c1. The predicted molar refractivity (Wildman–Crippen MR) is 96.0 cm³/mol. The van der Waals surface area contributed by atoms with Gasteiger partial charge >= 0.3 is 11.6 Å². The largest absolute Gasteiger partial charge is 0.508 e. The fourth-order valence-electron chi connectivity index (χ4n) is 2.47. The van der Waals surface area contributed by atoms with Gasteiger partial charge in [-0.05, 0) is 37.4 Å². The Morgan fingerprint density at radius 2 is 1.96 bits per heavy atom. The van der Waals surface area contributed by atoms with E-state index in [1.54, 1.807) is 0 Å². The third-order valence-electron chi connectivity index (χ3n) is 3.82. The molecule has 0 aliphatic heterocycles. The Morgan fingerprint density at radius 1 is 1.19 bits per heavy atom. The number of ether oxygens (including phenoxy) is 1. The Hall–Kier alpha value is -3.17. The van der Waals surface area contributed by atoms with Gasteiger partial charge in [-0.25, -0.2) is 22.7 Å². The molecule has 2 N–H and O–H groups in total. The molecule has 0 aliphatic rings. The average Bonchev–Trinajstić information content (AvgIpc) is 2.65. The highest BCUT2D eigenvalue weighted by Crippen LogP contribution is 2.22. The zero-order valence-electron chi connectivity index (χ0n) is 14.1. The number of aromatic hydroxyl groups is 1. The Kier molecular flexibility index (Phi) is 4.98. The normalized spacial score (nSPS) is 11.4. The van der Waals surface area contributed by atoms with Crippen LogP contribution in [0.4, 0.5) is 0 Å². The van der Waals surface area contributed by atoms with Crippen LogP contribution in [-0.2, 0) is 21.4 Å². The summed E-state index contributed by atoms with van der Waals surface area (Å²) in [5.74, 6) is -0.814. The van der Waals surface area contributed by atoms with E-state index >= 15 is 0 Å². The van der Waals surface area contributed by atoms with E-state index < -0.39 is 21.6 Å². The van der Waals surface area contributed by atoms with Crippen molar-refractivity contribution in [1.29, 1.82) is 0 Å². The minimum atomic E-state index is -3.70. The topological polar surface area (TPSA) is 123 Å². The first-order chi connectivity index (χ1) is 12.8. The van der Waals surface area contributed by atoms with Gasteiger partial charge in [0.2, 0.25) is 10.0 Å². The number of phenols is 1.